The van der Waals surface area contributed by atoms with Crippen LogP contribution in [0.3, 0.4) is 0 Å². The molecule has 0 spiro atoms. The third kappa shape index (κ3) is 3.29. The average Bonchev–Trinajstić information content (AvgIpc) is 3.19. The Morgan fingerprint density at radius 3 is 2.50 bits per heavy atom. The molecule has 0 saturated heterocycles. The minimum atomic E-state index is -0.313. The van der Waals surface area contributed by atoms with E-state index in [1.54, 1.807) is 18.2 Å². The molecule has 3 rings (SSSR count). The summed E-state index contributed by atoms with van der Waals surface area (Å²) in [6.45, 7) is 0. The van der Waals surface area contributed by atoms with Gasteiger partial charge in [0.05, 0.1) is 11.1 Å². The molecule has 1 amide bonds. The predicted octanol–water partition coefficient (Wildman–Crippen LogP) is 3.44. The molecule has 0 fully saturated rings. The van der Waals surface area contributed by atoms with Crippen LogP contribution in [0.4, 0.5) is 4.39 Å². The highest BCUT2D eigenvalue weighted by Gasteiger charge is 2.04. The number of thiophene rings is 1. The van der Waals surface area contributed by atoms with E-state index >= 15 is 0 Å². The summed E-state index contributed by atoms with van der Waals surface area (Å²) < 4.78 is 14.7. The van der Waals surface area contributed by atoms with E-state index in [-0.39, 0.29) is 11.0 Å². The average molecular weight is 313 g/mol. The Hall–Kier alpha value is -2.73. The molecular weight excluding hydrogens is 301 g/mol. The van der Waals surface area contributed by atoms with Gasteiger partial charge in [0.1, 0.15) is 0 Å². The van der Waals surface area contributed by atoms with Gasteiger partial charge in [-0.2, -0.15) is 9.49 Å². The van der Waals surface area contributed by atoms with Gasteiger partial charge in [-0.3, -0.25) is 4.79 Å². The van der Waals surface area contributed by atoms with Gasteiger partial charge in [-0.25, -0.2) is 5.43 Å². The van der Waals surface area contributed by atoms with E-state index in [4.69, 9.17) is 0 Å². The fourth-order valence-corrected chi connectivity index (χ4v) is 2.51. The monoisotopic (exact) mass is 313 g/mol. The molecule has 110 valence electrons. The number of hydrogen-bond donors (Lipinski definition) is 1. The number of carbonyl (C=O) groups excluding carboxylic acids is 1. The number of carbonyl (C=O) groups is 1. The molecule has 1 N–H and O–H groups in total. The molecule has 6 heteroatoms. The van der Waals surface area contributed by atoms with Crippen molar-refractivity contribution in [2.75, 3.05) is 0 Å². The zero-order valence-electron chi connectivity index (χ0n) is 11.4. The summed E-state index contributed by atoms with van der Waals surface area (Å²) >= 11 is 0.966. The molecule has 4 nitrogen and oxygen atoms in total. The zero-order chi connectivity index (χ0) is 15.4. The third-order valence-electron chi connectivity index (χ3n) is 2.98. The van der Waals surface area contributed by atoms with Gasteiger partial charge in [-0.05, 0) is 48.5 Å². The van der Waals surface area contributed by atoms with Crippen LogP contribution in [0, 0.1) is 5.13 Å². The van der Waals surface area contributed by atoms with E-state index in [2.05, 4.69) is 10.5 Å². The summed E-state index contributed by atoms with van der Waals surface area (Å²) in [6, 6.07) is 14.0. The van der Waals surface area contributed by atoms with Gasteiger partial charge in [0.15, 0.2) is 5.13 Å². The van der Waals surface area contributed by atoms with Gasteiger partial charge < -0.3 is 4.57 Å². The molecule has 0 aliphatic carbocycles. The first-order chi connectivity index (χ1) is 10.7. The summed E-state index contributed by atoms with van der Waals surface area (Å²) in [5, 5.41) is 3.53. The van der Waals surface area contributed by atoms with Crippen LogP contribution >= 0.6 is 11.3 Å². The lowest BCUT2D eigenvalue weighted by Crippen LogP contribution is -2.17. The number of hydrazone groups is 1. The Morgan fingerprint density at radius 1 is 1.14 bits per heavy atom. The highest BCUT2D eigenvalue weighted by Crippen LogP contribution is 2.12. The molecule has 2 aromatic heterocycles. The number of rotatable bonds is 4. The van der Waals surface area contributed by atoms with Crippen molar-refractivity contribution in [1.82, 2.24) is 9.99 Å². The van der Waals surface area contributed by atoms with Crippen molar-refractivity contribution >= 4 is 23.5 Å². The Bertz CT molecular complexity index is 791. The highest BCUT2D eigenvalue weighted by molar-refractivity contribution is 7.12. The van der Waals surface area contributed by atoms with Crippen LogP contribution in [0.5, 0.6) is 0 Å². The molecule has 0 bridgehead atoms. The summed E-state index contributed by atoms with van der Waals surface area (Å²) in [6.07, 6.45) is 5.28. The Morgan fingerprint density at radius 2 is 1.86 bits per heavy atom. The Labute approximate surface area is 130 Å². The number of aromatic nitrogens is 1. The number of nitrogens with zero attached hydrogens (tertiary/aromatic N) is 2. The molecule has 1 aromatic carbocycles. The van der Waals surface area contributed by atoms with E-state index in [0.717, 1.165) is 17.0 Å². The van der Waals surface area contributed by atoms with Crippen LogP contribution in [-0.4, -0.2) is 16.7 Å². The van der Waals surface area contributed by atoms with Crippen LogP contribution in [0.1, 0.15) is 15.2 Å². The number of benzene rings is 1. The van der Waals surface area contributed by atoms with Gasteiger partial charge >= 0.3 is 0 Å². The largest absolute Gasteiger partial charge is 0.324 e. The first-order valence-electron chi connectivity index (χ1n) is 6.54. The first-order valence-corrected chi connectivity index (χ1v) is 7.36. The van der Waals surface area contributed by atoms with Gasteiger partial charge in [0.2, 0.25) is 0 Å². The molecule has 0 atom stereocenters. The number of halogens is 1. The maximum absolute atomic E-state index is 12.8. The first kappa shape index (κ1) is 14.2. The molecule has 0 aliphatic rings. The maximum atomic E-state index is 12.8. The van der Waals surface area contributed by atoms with Gasteiger partial charge in [0.25, 0.3) is 5.91 Å². The zero-order valence-corrected chi connectivity index (χ0v) is 12.3. The molecule has 0 unspecified atom stereocenters. The highest BCUT2D eigenvalue weighted by atomic mass is 32.1. The van der Waals surface area contributed by atoms with Crippen molar-refractivity contribution in [3.63, 3.8) is 0 Å². The van der Waals surface area contributed by atoms with Crippen LogP contribution in [0.15, 0.2) is 66.0 Å². The number of hydrogen-bond acceptors (Lipinski definition) is 3. The summed E-state index contributed by atoms with van der Waals surface area (Å²) in [7, 11) is 0. The second kappa shape index (κ2) is 6.36. The van der Waals surface area contributed by atoms with E-state index < -0.39 is 0 Å². The standard InChI is InChI=1S/C16H12FN3OS/c17-15-8-7-14(22-15)11-18-19-16(21)12-3-5-13(6-4-12)20-9-1-2-10-20/h1-11H,(H,19,21)/b18-11-. The fraction of sp³-hybridized carbons (Fsp3) is 0. The maximum Gasteiger partial charge on any atom is 0.271 e. The molecule has 0 aliphatic heterocycles. The Balaban J connectivity index is 1.64. The van der Waals surface area contributed by atoms with Crippen molar-refractivity contribution in [2.24, 2.45) is 5.10 Å². The minimum absolute atomic E-state index is 0.284. The second-order valence-electron chi connectivity index (χ2n) is 4.48. The van der Waals surface area contributed by atoms with Gasteiger partial charge in [-0.15, -0.1) is 11.3 Å². The second-order valence-corrected chi connectivity index (χ2v) is 5.54. The summed E-state index contributed by atoms with van der Waals surface area (Å²) in [5.41, 5.74) is 3.90. The van der Waals surface area contributed by atoms with E-state index in [1.807, 2.05) is 41.2 Å². The van der Waals surface area contributed by atoms with Crippen molar-refractivity contribution in [1.29, 1.82) is 0 Å². The molecule has 0 saturated carbocycles. The van der Waals surface area contributed by atoms with Crippen LogP contribution in [-0.2, 0) is 0 Å². The topological polar surface area (TPSA) is 46.4 Å². The van der Waals surface area contributed by atoms with Crippen molar-refractivity contribution < 1.29 is 9.18 Å². The molecule has 22 heavy (non-hydrogen) atoms. The van der Waals surface area contributed by atoms with E-state index in [0.29, 0.717) is 10.4 Å². The number of nitrogens with one attached hydrogen (secondary N) is 1. The lowest BCUT2D eigenvalue weighted by molar-refractivity contribution is 0.0955. The van der Waals surface area contributed by atoms with Crippen LogP contribution in [0.2, 0.25) is 0 Å². The molecular formula is C16H12FN3OS. The van der Waals surface area contributed by atoms with Crippen LogP contribution < -0.4 is 5.43 Å². The predicted molar refractivity (Wildman–Crippen MR) is 85.1 cm³/mol. The smallest absolute Gasteiger partial charge is 0.271 e. The van der Waals surface area contributed by atoms with Crippen molar-refractivity contribution in [3.8, 4) is 5.69 Å². The lowest BCUT2D eigenvalue weighted by Gasteiger charge is -2.04. The molecule has 0 radical (unpaired) electrons. The van der Waals surface area contributed by atoms with E-state index in [9.17, 15) is 9.18 Å². The summed E-state index contributed by atoms with van der Waals surface area (Å²) in [5.74, 6) is -0.313. The number of amides is 1. The Kier molecular flexibility index (Phi) is 4.11. The normalized spacial score (nSPS) is 11.0. The molecule has 3 aromatic rings. The van der Waals surface area contributed by atoms with Crippen molar-refractivity contribution in [2.45, 2.75) is 0 Å². The molecule has 2 heterocycles. The van der Waals surface area contributed by atoms with Crippen LogP contribution in [0.25, 0.3) is 5.69 Å². The quantitative estimate of drug-likeness (QED) is 0.582. The van der Waals surface area contributed by atoms with Crippen molar-refractivity contribution in [3.05, 3.63) is 76.5 Å². The van der Waals surface area contributed by atoms with Gasteiger partial charge in [-0.1, -0.05) is 0 Å². The third-order valence-corrected chi connectivity index (χ3v) is 3.79. The lowest BCUT2D eigenvalue weighted by atomic mass is 10.2. The SMILES string of the molecule is O=C(N/N=C\c1ccc(F)s1)c1ccc(-n2cccc2)cc1. The minimum Gasteiger partial charge on any atom is -0.324 e. The van der Waals surface area contributed by atoms with E-state index in [1.165, 1.54) is 12.3 Å². The summed E-state index contributed by atoms with van der Waals surface area (Å²) in [4.78, 5) is 12.6. The fourth-order valence-electron chi connectivity index (χ4n) is 1.91. The van der Waals surface area contributed by atoms with Gasteiger partial charge in [0, 0.05) is 23.6 Å².